The van der Waals surface area contributed by atoms with Gasteiger partial charge in [0.15, 0.2) is 0 Å². The third kappa shape index (κ3) is 2.83. The number of aryl methyl sites for hydroxylation is 1. The van der Waals surface area contributed by atoms with Crippen LogP contribution in [0.25, 0.3) is 0 Å². The summed E-state index contributed by atoms with van der Waals surface area (Å²) in [5, 5.41) is 10.9. The highest BCUT2D eigenvalue weighted by Crippen LogP contribution is 2.18. The van der Waals surface area contributed by atoms with E-state index in [0.29, 0.717) is 16.8 Å². The molecule has 1 fully saturated rings. The topological polar surface area (TPSA) is 88.7 Å². The number of carboxylic acid groups (broad SMARTS) is 1. The fourth-order valence-electron chi connectivity index (χ4n) is 2.42. The molecule has 0 aliphatic carbocycles. The molecule has 3 N–H and O–H groups in total. The maximum Gasteiger partial charge on any atom is 0.352 e. The molecule has 1 saturated heterocycles. The number of hydrogen-bond acceptors (Lipinski definition) is 4. The van der Waals surface area contributed by atoms with Crippen LogP contribution in [0.1, 0.15) is 32.1 Å². The minimum Gasteiger partial charge on any atom is -0.477 e. The van der Waals surface area contributed by atoms with Crippen LogP contribution in [0, 0.1) is 13.8 Å². The Balaban J connectivity index is 2.11. The van der Waals surface area contributed by atoms with E-state index in [9.17, 15) is 9.59 Å². The lowest BCUT2D eigenvalue weighted by Gasteiger charge is -2.32. The number of piperazine rings is 1. The SMILES string of the molecule is Cc1[nH]c(C(=O)O)c(C)c1C(=O)NN1CCN(C)CC1. The van der Waals surface area contributed by atoms with Gasteiger partial charge in [0.25, 0.3) is 5.91 Å². The van der Waals surface area contributed by atoms with Crippen LogP contribution in [-0.2, 0) is 0 Å². The van der Waals surface area contributed by atoms with Gasteiger partial charge in [-0.3, -0.25) is 10.2 Å². The fraction of sp³-hybridized carbons (Fsp3) is 0.538. The smallest absolute Gasteiger partial charge is 0.352 e. The Hall–Kier alpha value is -1.86. The van der Waals surface area contributed by atoms with Gasteiger partial charge in [0.1, 0.15) is 5.69 Å². The van der Waals surface area contributed by atoms with Gasteiger partial charge in [-0.05, 0) is 26.5 Å². The van der Waals surface area contributed by atoms with Crippen LogP contribution in [0.2, 0.25) is 0 Å². The zero-order valence-corrected chi connectivity index (χ0v) is 12.0. The zero-order chi connectivity index (χ0) is 14.9. The molecule has 1 amide bonds. The number of carboxylic acids is 1. The highest BCUT2D eigenvalue weighted by molar-refractivity contribution is 6.00. The molecule has 110 valence electrons. The first-order valence-electron chi connectivity index (χ1n) is 6.57. The van der Waals surface area contributed by atoms with Crippen molar-refractivity contribution >= 4 is 11.9 Å². The first-order chi connectivity index (χ1) is 9.40. The van der Waals surface area contributed by atoms with E-state index in [-0.39, 0.29) is 11.6 Å². The Labute approximate surface area is 117 Å². The average molecular weight is 280 g/mol. The van der Waals surface area contributed by atoms with Gasteiger partial charge in [0.05, 0.1) is 5.56 Å². The number of nitrogens with one attached hydrogen (secondary N) is 2. The standard InChI is InChI=1S/C13H20N4O3/c1-8-10(9(2)14-11(8)13(19)20)12(18)15-17-6-4-16(3)5-7-17/h14H,4-7H2,1-3H3,(H,15,18)(H,19,20). The Morgan fingerprint density at radius 2 is 1.80 bits per heavy atom. The molecule has 0 radical (unpaired) electrons. The summed E-state index contributed by atoms with van der Waals surface area (Å²) >= 11 is 0. The molecule has 0 atom stereocenters. The van der Waals surface area contributed by atoms with Crippen molar-refractivity contribution in [3.05, 3.63) is 22.5 Å². The third-order valence-electron chi connectivity index (χ3n) is 3.64. The number of aromatic carboxylic acids is 1. The van der Waals surface area contributed by atoms with Crippen molar-refractivity contribution in [3.8, 4) is 0 Å². The van der Waals surface area contributed by atoms with Crippen LogP contribution in [-0.4, -0.2) is 65.1 Å². The summed E-state index contributed by atoms with van der Waals surface area (Å²) in [5.74, 6) is -1.31. The molecule has 0 unspecified atom stereocenters. The summed E-state index contributed by atoms with van der Waals surface area (Å²) in [6.45, 7) is 6.66. The predicted molar refractivity (Wildman–Crippen MR) is 73.8 cm³/mol. The molecule has 20 heavy (non-hydrogen) atoms. The van der Waals surface area contributed by atoms with Gasteiger partial charge in [-0.1, -0.05) is 0 Å². The van der Waals surface area contributed by atoms with Gasteiger partial charge in [0.2, 0.25) is 0 Å². The molecule has 2 rings (SSSR count). The summed E-state index contributed by atoms with van der Waals surface area (Å²) in [6, 6.07) is 0. The second-order valence-electron chi connectivity index (χ2n) is 5.16. The number of carbonyl (C=O) groups is 2. The quantitative estimate of drug-likeness (QED) is 0.737. The van der Waals surface area contributed by atoms with E-state index in [4.69, 9.17) is 5.11 Å². The van der Waals surface area contributed by atoms with Crippen LogP contribution in [0.3, 0.4) is 0 Å². The minimum absolute atomic E-state index is 0.0750. The van der Waals surface area contributed by atoms with Gasteiger partial charge in [-0.2, -0.15) is 0 Å². The van der Waals surface area contributed by atoms with E-state index in [1.807, 2.05) is 12.1 Å². The minimum atomic E-state index is -1.05. The van der Waals surface area contributed by atoms with E-state index in [1.165, 1.54) is 0 Å². The second kappa shape index (κ2) is 5.64. The Morgan fingerprint density at radius 3 is 2.30 bits per heavy atom. The molecule has 7 nitrogen and oxygen atoms in total. The lowest BCUT2D eigenvalue weighted by atomic mass is 10.1. The molecule has 1 aliphatic rings. The van der Waals surface area contributed by atoms with Gasteiger partial charge >= 0.3 is 5.97 Å². The van der Waals surface area contributed by atoms with Crippen molar-refractivity contribution in [1.82, 2.24) is 20.3 Å². The van der Waals surface area contributed by atoms with E-state index >= 15 is 0 Å². The zero-order valence-electron chi connectivity index (χ0n) is 12.0. The van der Waals surface area contributed by atoms with Gasteiger partial charge < -0.3 is 15.0 Å². The number of hydrogen-bond donors (Lipinski definition) is 3. The maximum atomic E-state index is 12.3. The number of nitrogens with zero attached hydrogens (tertiary/aromatic N) is 2. The first kappa shape index (κ1) is 14.5. The van der Waals surface area contributed by atoms with Crippen molar-refractivity contribution < 1.29 is 14.7 Å². The van der Waals surface area contributed by atoms with Crippen LogP contribution >= 0.6 is 0 Å². The van der Waals surface area contributed by atoms with Crippen LogP contribution in [0.5, 0.6) is 0 Å². The van der Waals surface area contributed by atoms with Crippen molar-refractivity contribution in [2.75, 3.05) is 33.2 Å². The predicted octanol–water partition coefficient (Wildman–Crippen LogP) is 0.222. The summed E-state index contributed by atoms with van der Waals surface area (Å²) in [4.78, 5) is 28.3. The summed E-state index contributed by atoms with van der Waals surface area (Å²) < 4.78 is 0. The molecule has 7 heteroatoms. The van der Waals surface area contributed by atoms with Crippen LogP contribution < -0.4 is 5.43 Å². The fourth-order valence-corrected chi connectivity index (χ4v) is 2.42. The van der Waals surface area contributed by atoms with E-state index < -0.39 is 5.97 Å². The Morgan fingerprint density at radius 1 is 1.20 bits per heavy atom. The monoisotopic (exact) mass is 280 g/mol. The Kier molecular flexibility index (Phi) is 4.10. The normalized spacial score (nSPS) is 17.1. The van der Waals surface area contributed by atoms with Gasteiger partial charge in [-0.25, -0.2) is 9.80 Å². The molecular weight excluding hydrogens is 260 g/mol. The molecule has 0 spiro atoms. The number of likely N-dealkylation sites (N-methyl/N-ethyl adjacent to an activating group) is 1. The summed E-state index contributed by atoms with van der Waals surface area (Å²) in [5.41, 5.74) is 4.39. The Bertz CT molecular complexity index is 530. The number of H-pyrrole nitrogens is 1. The largest absolute Gasteiger partial charge is 0.477 e. The van der Waals surface area contributed by atoms with E-state index in [0.717, 1.165) is 26.2 Å². The highest BCUT2D eigenvalue weighted by atomic mass is 16.4. The van der Waals surface area contributed by atoms with Crippen molar-refractivity contribution in [2.24, 2.45) is 0 Å². The number of amides is 1. The molecule has 0 aromatic carbocycles. The van der Waals surface area contributed by atoms with Gasteiger partial charge in [-0.15, -0.1) is 0 Å². The molecule has 2 heterocycles. The van der Waals surface area contributed by atoms with E-state index in [1.54, 1.807) is 13.8 Å². The number of hydrazine groups is 1. The van der Waals surface area contributed by atoms with Crippen molar-refractivity contribution in [1.29, 1.82) is 0 Å². The lowest BCUT2D eigenvalue weighted by molar-refractivity contribution is 0.0661. The van der Waals surface area contributed by atoms with Crippen LogP contribution in [0.15, 0.2) is 0 Å². The molecular formula is C13H20N4O3. The maximum absolute atomic E-state index is 12.3. The highest BCUT2D eigenvalue weighted by Gasteiger charge is 2.23. The molecule has 0 bridgehead atoms. The van der Waals surface area contributed by atoms with Crippen LogP contribution in [0.4, 0.5) is 0 Å². The third-order valence-corrected chi connectivity index (χ3v) is 3.64. The van der Waals surface area contributed by atoms with Gasteiger partial charge in [0, 0.05) is 31.9 Å². The first-order valence-corrected chi connectivity index (χ1v) is 6.57. The number of aromatic amines is 1. The molecule has 1 aromatic rings. The van der Waals surface area contributed by atoms with E-state index in [2.05, 4.69) is 15.3 Å². The summed E-state index contributed by atoms with van der Waals surface area (Å²) in [6.07, 6.45) is 0. The second-order valence-corrected chi connectivity index (χ2v) is 5.16. The molecule has 1 aromatic heterocycles. The lowest BCUT2D eigenvalue weighted by Crippen LogP contribution is -2.52. The van der Waals surface area contributed by atoms with Crippen molar-refractivity contribution in [3.63, 3.8) is 0 Å². The number of aromatic nitrogens is 1. The summed E-state index contributed by atoms with van der Waals surface area (Å²) in [7, 11) is 2.04. The molecule has 1 aliphatic heterocycles. The van der Waals surface area contributed by atoms with Crippen molar-refractivity contribution in [2.45, 2.75) is 13.8 Å². The number of rotatable bonds is 3. The number of carbonyl (C=O) groups excluding carboxylic acids is 1. The average Bonchev–Trinajstić information content (AvgIpc) is 2.68. The molecule has 0 saturated carbocycles.